The quantitative estimate of drug-likeness (QED) is 0.697. The van der Waals surface area contributed by atoms with Crippen LogP contribution >= 0.6 is 11.8 Å². The minimum Gasteiger partial charge on any atom is -0.392 e. The van der Waals surface area contributed by atoms with Crippen LogP contribution < -0.4 is 5.73 Å². The first-order chi connectivity index (χ1) is 13.3. The van der Waals surface area contributed by atoms with E-state index in [2.05, 4.69) is 29.4 Å². The van der Waals surface area contributed by atoms with Gasteiger partial charge in [0.15, 0.2) is 9.84 Å². The van der Waals surface area contributed by atoms with Gasteiger partial charge in [0.05, 0.1) is 5.71 Å². The molecule has 2 unspecified atom stereocenters. The number of benzene rings is 2. The fourth-order valence-corrected chi connectivity index (χ4v) is 4.50. The van der Waals surface area contributed by atoms with Crippen LogP contribution in [-0.4, -0.2) is 43.9 Å². The Morgan fingerprint density at radius 1 is 1.14 bits per heavy atom. The van der Waals surface area contributed by atoms with Crippen molar-refractivity contribution in [3.05, 3.63) is 54.1 Å². The van der Waals surface area contributed by atoms with Gasteiger partial charge in [-0.15, -0.1) is 11.8 Å². The van der Waals surface area contributed by atoms with Crippen molar-refractivity contribution < 1.29 is 18.0 Å². The second kappa shape index (κ2) is 8.36. The van der Waals surface area contributed by atoms with E-state index in [-0.39, 0.29) is 6.42 Å². The highest BCUT2D eigenvalue weighted by molar-refractivity contribution is 7.98. The first-order valence-corrected chi connectivity index (χ1v) is 11.9. The molecule has 0 aromatic heterocycles. The van der Waals surface area contributed by atoms with E-state index in [4.69, 9.17) is 10.6 Å². The topological polar surface area (TPSA) is 98.8 Å². The normalized spacial score (nSPS) is 17.6. The van der Waals surface area contributed by atoms with Crippen molar-refractivity contribution in [3.8, 4) is 11.1 Å². The Morgan fingerprint density at radius 3 is 2.18 bits per heavy atom. The molecule has 8 heteroatoms. The number of hydrogen-bond donors (Lipinski definition) is 1. The van der Waals surface area contributed by atoms with Gasteiger partial charge < -0.3 is 10.6 Å². The molecule has 2 atom stereocenters. The molecule has 0 radical (unpaired) electrons. The molecule has 148 valence electrons. The molecule has 2 aromatic carbocycles. The molecule has 6 nitrogen and oxygen atoms in total. The maximum Gasteiger partial charge on any atom is 0.235 e. The molecule has 1 aliphatic heterocycles. The van der Waals surface area contributed by atoms with Crippen LogP contribution in [0.5, 0.6) is 0 Å². The van der Waals surface area contributed by atoms with Crippen LogP contribution in [0.25, 0.3) is 11.1 Å². The van der Waals surface area contributed by atoms with E-state index in [1.165, 1.54) is 4.90 Å². The number of thioether (sulfide) groups is 1. The molecular weight excluding hydrogens is 396 g/mol. The van der Waals surface area contributed by atoms with Crippen molar-refractivity contribution in [3.63, 3.8) is 0 Å². The van der Waals surface area contributed by atoms with Gasteiger partial charge >= 0.3 is 0 Å². The maximum absolute atomic E-state index is 11.7. The summed E-state index contributed by atoms with van der Waals surface area (Å²) in [6, 6.07) is 16.3. The summed E-state index contributed by atoms with van der Waals surface area (Å²) in [5.41, 5.74) is 9.08. The van der Waals surface area contributed by atoms with Crippen molar-refractivity contribution in [2.24, 2.45) is 10.9 Å². The van der Waals surface area contributed by atoms with E-state index in [9.17, 15) is 13.2 Å². The van der Waals surface area contributed by atoms with Gasteiger partial charge in [0, 0.05) is 24.0 Å². The van der Waals surface area contributed by atoms with Gasteiger partial charge in [-0.2, -0.15) is 0 Å². The number of oxime groups is 1. The van der Waals surface area contributed by atoms with E-state index in [0.717, 1.165) is 28.7 Å². The summed E-state index contributed by atoms with van der Waals surface area (Å²) < 4.78 is 23.5. The van der Waals surface area contributed by atoms with Gasteiger partial charge in [-0.05, 0) is 35.1 Å². The van der Waals surface area contributed by atoms with Crippen LogP contribution in [0.1, 0.15) is 18.4 Å². The number of nitrogens with two attached hydrogens (primary N) is 1. The standard InChI is InChI=1S/C20H22N2O4S2/c1-27-17-9-7-14(8-10-17)13-3-5-15(6-4-13)18-11-16(26-22-18)12-19(20(21)23)28(2,24)25/h3-10,16,19H,11-12H2,1-2H3,(H2,21,23). The Morgan fingerprint density at radius 2 is 1.68 bits per heavy atom. The van der Waals surface area contributed by atoms with Crippen molar-refractivity contribution in [2.75, 3.05) is 12.5 Å². The lowest BCUT2D eigenvalue weighted by Crippen LogP contribution is -2.38. The molecule has 3 rings (SSSR count). The van der Waals surface area contributed by atoms with Gasteiger partial charge in [-0.25, -0.2) is 8.42 Å². The third-order valence-corrected chi connectivity index (χ3v) is 6.89. The van der Waals surface area contributed by atoms with Crippen LogP contribution in [0.15, 0.2) is 58.6 Å². The van der Waals surface area contributed by atoms with Crippen LogP contribution in [0.2, 0.25) is 0 Å². The number of carbonyl (C=O) groups is 1. The first kappa shape index (κ1) is 20.4. The zero-order valence-corrected chi connectivity index (χ0v) is 17.3. The Balaban J connectivity index is 1.67. The van der Waals surface area contributed by atoms with E-state index in [1.54, 1.807) is 11.8 Å². The second-order valence-corrected chi connectivity index (χ2v) is 9.84. The number of hydrogen-bond acceptors (Lipinski definition) is 6. The van der Waals surface area contributed by atoms with Crippen LogP contribution in [0.3, 0.4) is 0 Å². The zero-order chi connectivity index (χ0) is 20.3. The van der Waals surface area contributed by atoms with Gasteiger partial charge in [0.2, 0.25) is 5.91 Å². The average Bonchev–Trinajstić information content (AvgIpc) is 3.14. The molecule has 0 aliphatic carbocycles. The van der Waals surface area contributed by atoms with Gasteiger partial charge in [0.25, 0.3) is 0 Å². The summed E-state index contributed by atoms with van der Waals surface area (Å²) >= 11 is 1.70. The minimum atomic E-state index is -3.58. The maximum atomic E-state index is 11.7. The Labute approximate surface area is 169 Å². The van der Waals surface area contributed by atoms with Crippen molar-refractivity contribution in [1.82, 2.24) is 0 Å². The molecule has 0 saturated heterocycles. The Kier molecular flexibility index (Phi) is 6.10. The second-order valence-electron chi connectivity index (χ2n) is 6.73. The van der Waals surface area contributed by atoms with Crippen LogP contribution in [0.4, 0.5) is 0 Å². The summed E-state index contributed by atoms with van der Waals surface area (Å²) in [5.74, 6) is -0.864. The predicted molar refractivity (Wildman–Crippen MR) is 112 cm³/mol. The van der Waals surface area contributed by atoms with Gasteiger partial charge in [-0.3, -0.25) is 4.79 Å². The number of carbonyl (C=O) groups excluding carboxylic acids is 1. The number of sulfone groups is 1. The molecule has 0 spiro atoms. The summed E-state index contributed by atoms with van der Waals surface area (Å²) in [7, 11) is -3.58. The highest BCUT2D eigenvalue weighted by Crippen LogP contribution is 2.26. The Bertz CT molecular complexity index is 984. The number of primary amides is 1. The minimum absolute atomic E-state index is 0.00103. The largest absolute Gasteiger partial charge is 0.392 e. The summed E-state index contributed by atoms with van der Waals surface area (Å²) in [4.78, 5) is 18.0. The third-order valence-electron chi connectivity index (χ3n) is 4.69. The first-order valence-electron chi connectivity index (χ1n) is 8.73. The molecule has 1 heterocycles. The molecule has 0 bridgehead atoms. The fraction of sp³-hybridized carbons (Fsp3) is 0.300. The fourth-order valence-electron chi connectivity index (χ4n) is 3.10. The predicted octanol–water partition coefficient (Wildman–Crippen LogP) is 2.86. The highest BCUT2D eigenvalue weighted by Gasteiger charge is 2.33. The van der Waals surface area contributed by atoms with Crippen LogP contribution in [-0.2, 0) is 19.5 Å². The average molecular weight is 419 g/mol. The molecule has 1 aliphatic rings. The lowest BCUT2D eigenvalue weighted by molar-refractivity contribution is -0.118. The lowest BCUT2D eigenvalue weighted by Gasteiger charge is -2.14. The molecule has 0 saturated carbocycles. The van der Waals surface area contributed by atoms with Crippen LogP contribution in [0, 0.1) is 0 Å². The summed E-state index contributed by atoms with van der Waals surface area (Å²) in [6.45, 7) is 0. The van der Waals surface area contributed by atoms with E-state index >= 15 is 0 Å². The lowest BCUT2D eigenvalue weighted by atomic mass is 9.99. The monoisotopic (exact) mass is 418 g/mol. The zero-order valence-electron chi connectivity index (χ0n) is 15.7. The summed E-state index contributed by atoms with van der Waals surface area (Å²) in [5, 5.41) is 2.81. The molecule has 2 N–H and O–H groups in total. The molecule has 2 aromatic rings. The highest BCUT2D eigenvalue weighted by atomic mass is 32.2. The summed E-state index contributed by atoms with van der Waals surface area (Å²) in [6.07, 6.45) is 3.00. The Hall–Kier alpha value is -2.32. The molecule has 1 amide bonds. The molecule has 28 heavy (non-hydrogen) atoms. The smallest absolute Gasteiger partial charge is 0.235 e. The number of rotatable bonds is 7. The molecular formula is C20H22N2O4S2. The van der Waals surface area contributed by atoms with Crippen molar-refractivity contribution >= 4 is 33.2 Å². The number of nitrogens with zero attached hydrogens (tertiary/aromatic N) is 1. The van der Waals surface area contributed by atoms with Crippen molar-refractivity contribution in [2.45, 2.75) is 29.1 Å². The van der Waals surface area contributed by atoms with E-state index in [0.29, 0.717) is 6.42 Å². The van der Waals surface area contributed by atoms with Gasteiger partial charge in [0.1, 0.15) is 11.4 Å². The third kappa shape index (κ3) is 4.74. The van der Waals surface area contributed by atoms with E-state index in [1.807, 2.05) is 30.5 Å². The van der Waals surface area contributed by atoms with Crippen molar-refractivity contribution in [1.29, 1.82) is 0 Å². The molecule has 0 fully saturated rings. The van der Waals surface area contributed by atoms with Gasteiger partial charge in [-0.1, -0.05) is 41.6 Å². The van der Waals surface area contributed by atoms with E-state index < -0.39 is 27.1 Å². The number of amides is 1. The SMILES string of the molecule is CSc1ccc(-c2ccc(C3=NOC(CC(C(N)=O)S(C)(=O)=O)C3)cc2)cc1.